The van der Waals surface area contributed by atoms with Crippen LogP contribution >= 0.6 is 11.6 Å². The maximum absolute atomic E-state index is 13.4. The Bertz CT molecular complexity index is 977. The third kappa shape index (κ3) is 6.59. The summed E-state index contributed by atoms with van der Waals surface area (Å²) in [5.74, 6) is -3.04. The largest absolute Gasteiger partial charge is 0.484 e. The summed E-state index contributed by atoms with van der Waals surface area (Å²) < 4.78 is 59.9. The van der Waals surface area contributed by atoms with Gasteiger partial charge in [0, 0.05) is 18.7 Å². The summed E-state index contributed by atoms with van der Waals surface area (Å²) in [7, 11) is -1.61. The standard InChI is InChI=1S/C19H22ClF3N4O5Si/c20-12-2-1-11(7-13(12)21)31-9-16(28)27-33-6-3-14(24-10-33)17-25-26-18(32-17)30-5-4-29-15-8-19(15,22)23/h1-2,7,14-15,24,33H,3-6,8-10H2,(H,27,28)/t14-,15?,33+/m1/s1. The van der Waals surface area contributed by atoms with Gasteiger partial charge in [-0.05, 0) is 24.6 Å². The molecule has 0 bridgehead atoms. The predicted molar refractivity (Wildman–Crippen MR) is 111 cm³/mol. The Labute approximate surface area is 193 Å². The Hall–Kier alpha value is -2.35. The first-order chi connectivity index (χ1) is 15.8. The average molecular weight is 507 g/mol. The van der Waals surface area contributed by atoms with Crippen LogP contribution in [-0.4, -0.2) is 63.1 Å². The van der Waals surface area contributed by atoms with Gasteiger partial charge in [0.2, 0.25) is 11.8 Å². The molecule has 33 heavy (non-hydrogen) atoms. The number of rotatable bonds is 10. The zero-order chi connectivity index (χ0) is 23.4. The van der Waals surface area contributed by atoms with Crippen LogP contribution in [0.25, 0.3) is 0 Å². The molecule has 0 spiro atoms. The van der Waals surface area contributed by atoms with Crippen molar-refractivity contribution < 1.29 is 36.6 Å². The number of hydrogen-bond donors (Lipinski definition) is 2. The minimum atomic E-state index is -2.73. The summed E-state index contributed by atoms with van der Waals surface area (Å²) in [6.07, 6.45) is -0.0574. The molecule has 1 aliphatic heterocycles. The van der Waals surface area contributed by atoms with Crippen LogP contribution < -0.4 is 19.8 Å². The van der Waals surface area contributed by atoms with E-state index in [0.29, 0.717) is 18.5 Å². The highest BCUT2D eigenvalue weighted by Gasteiger charge is 2.58. The maximum atomic E-state index is 13.4. The van der Waals surface area contributed by atoms with Crippen molar-refractivity contribution in [3.8, 4) is 11.8 Å². The van der Waals surface area contributed by atoms with Gasteiger partial charge in [-0.25, -0.2) is 13.2 Å². The van der Waals surface area contributed by atoms with Gasteiger partial charge in [0.1, 0.15) is 24.3 Å². The van der Waals surface area contributed by atoms with Crippen molar-refractivity contribution in [1.82, 2.24) is 20.5 Å². The topological polar surface area (TPSA) is 108 Å². The van der Waals surface area contributed by atoms with Crippen LogP contribution in [0.3, 0.4) is 0 Å². The molecule has 14 heteroatoms. The SMILES string of the molecule is O=C(COc1ccc(Cl)c(F)c1)N[Si@H]1CC[C@H](c2nnc(OCCOC3CC3(F)F)o2)NC1. The third-order valence-corrected chi connectivity index (χ3v) is 7.95. The third-order valence-electron chi connectivity index (χ3n) is 5.16. The molecule has 2 aromatic rings. The van der Waals surface area contributed by atoms with Gasteiger partial charge in [-0.15, -0.1) is 5.10 Å². The van der Waals surface area contributed by atoms with E-state index in [1.165, 1.54) is 12.1 Å². The van der Waals surface area contributed by atoms with Crippen molar-refractivity contribution >= 4 is 26.5 Å². The summed E-state index contributed by atoms with van der Waals surface area (Å²) in [6.45, 7) is -0.193. The molecule has 3 atom stereocenters. The Morgan fingerprint density at radius 2 is 2.15 bits per heavy atom. The van der Waals surface area contributed by atoms with Crippen molar-refractivity contribution in [2.24, 2.45) is 0 Å². The van der Waals surface area contributed by atoms with Crippen LogP contribution in [0.5, 0.6) is 11.8 Å². The summed E-state index contributed by atoms with van der Waals surface area (Å²) in [5, 5.41) is 11.0. The zero-order valence-corrected chi connectivity index (χ0v) is 19.3. The van der Waals surface area contributed by atoms with E-state index in [2.05, 4.69) is 20.5 Å². The lowest BCUT2D eigenvalue weighted by atomic mass is 10.2. The van der Waals surface area contributed by atoms with Crippen LogP contribution in [0.1, 0.15) is 24.8 Å². The van der Waals surface area contributed by atoms with E-state index in [9.17, 15) is 18.0 Å². The first-order valence-electron chi connectivity index (χ1n) is 10.4. The number of halogens is 4. The van der Waals surface area contributed by atoms with Crippen molar-refractivity contribution in [3.63, 3.8) is 0 Å². The molecule has 1 aliphatic carbocycles. The number of ether oxygens (including phenoxy) is 3. The average Bonchev–Trinajstić information content (AvgIpc) is 3.17. The number of benzene rings is 1. The number of carbonyl (C=O) groups is 1. The van der Waals surface area contributed by atoms with Gasteiger partial charge in [-0.2, -0.15) is 0 Å². The summed E-state index contributed by atoms with van der Waals surface area (Å²) in [6, 6.07) is 4.59. The number of aromatic nitrogens is 2. The molecular formula is C19H22ClF3N4O5Si. The van der Waals surface area contributed by atoms with E-state index < -0.39 is 26.8 Å². The fraction of sp³-hybridized carbons (Fsp3) is 0.526. The lowest BCUT2D eigenvalue weighted by Gasteiger charge is -2.27. The fourth-order valence-electron chi connectivity index (χ4n) is 3.28. The second kappa shape index (κ2) is 10.3. The number of alkyl halides is 2. The first kappa shape index (κ1) is 23.8. The van der Waals surface area contributed by atoms with Gasteiger partial charge in [0.05, 0.1) is 17.7 Å². The number of carbonyl (C=O) groups excluding carboxylic acids is 1. The van der Waals surface area contributed by atoms with Crippen LogP contribution in [0, 0.1) is 5.82 Å². The van der Waals surface area contributed by atoms with Crippen LogP contribution in [0.4, 0.5) is 13.2 Å². The summed E-state index contributed by atoms with van der Waals surface area (Å²) in [5.41, 5.74) is 0. The van der Waals surface area contributed by atoms with Crippen LogP contribution in [-0.2, 0) is 9.53 Å². The lowest BCUT2D eigenvalue weighted by Crippen LogP contribution is -2.51. The highest BCUT2D eigenvalue weighted by Crippen LogP contribution is 2.44. The Morgan fingerprint density at radius 1 is 1.33 bits per heavy atom. The Kier molecular flexibility index (Phi) is 7.41. The molecule has 2 N–H and O–H groups in total. The molecule has 1 unspecified atom stereocenters. The van der Waals surface area contributed by atoms with Crippen molar-refractivity contribution in [3.05, 3.63) is 34.9 Å². The monoisotopic (exact) mass is 506 g/mol. The van der Waals surface area contributed by atoms with Gasteiger partial charge in [0.15, 0.2) is 15.6 Å². The van der Waals surface area contributed by atoms with Gasteiger partial charge >= 0.3 is 6.08 Å². The molecule has 0 radical (unpaired) electrons. The van der Waals surface area contributed by atoms with Gasteiger partial charge in [0.25, 0.3) is 5.92 Å². The number of nitrogens with zero attached hydrogens (tertiary/aromatic N) is 2. The van der Waals surface area contributed by atoms with Gasteiger partial charge in [-0.3, -0.25) is 4.79 Å². The molecule has 1 aromatic carbocycles. The molecule has 2 heterocycles. The zero-order valence-electron chi connectivity index (χ0n) is 17.4. The molecular weight excluding hydrogens is 485 g/mol. The number of hydrogen-bond acceptors (Lipinski definition) is 8. The first-order valence-corrected chi connectivity index (χ1v) is 13.0. The highest BCUT2D eigenvalue weighted by molar-refractivity contribution is 6.59. The van der Waals surface area contributed by atoms with Crippen molar-refractivity contribution in [2.45, 2.75) is 37.0 Å². The molecule has 180 valence electrons. The summed E-state index contributed by atoms with van der Waals surface area (Å²) >= 11 is 5.62. The van der Waals surface area contributed by atoms with Crippen LogP contribution in [0.15, 0.2) is 22.6 Å². The molecule has 1 aromatic heterocycles. The van der Waals surface area contributed by atoms with E-state index in [1.807, 2.05) is 0 Å². The molecule has 1 saturated carbocycles. The van der Waals surface area contributed by atoms with E-state index in [4.69, 9.17) is 30.2 Å². The fourth-order valence-corrected chi connectivity index (χ4v) is 5.69. The van der Waals surface area contributed by atoms with Crippen LogP contribution in [0.2, 0.25) is 11.1 Å². The van der Waals surface area contributed by atoms with Crippen molar-refractivity contribution in [2.75, 3.05) is 26.0 Å². The molecule has 1 amide bonds. The second-order valence-electron chi connectivity index (χ2n) is 7.75. The van der Waals surface area contributed by atoms with Crippen molar-refractivity contribution in [1.29, 1.82) is 0 Å². The molecule has 9 nitrogen and oxygen atoms in total. The Morgan fingerprint density at radius 3 is 2.85 bits per heavy atom. The minimum absolute atomic E-state index is 0.00327. The van der Waals surface area contributed by atoms with E-state index in [0.717, 1.165) is 12.1 Å². The molecule has 1 saturated heterocycles. The molecule has 2 fully saturated rings. The van der Waals surface area contributed by atoms with Gasteiger partial charge < -0.3 is 28.9 Å². The predicted octanol–water partition coefficient (Wildman–Crippen LogP) is 2.16. The Balaban J connectivity index is 1.13. The normalized spacial score (nSPS) is 23.7. The highest BCUT2D eigenvalue weighted by atomic mass is 35.5. The molecule has 2 aliphatic rings. The quantitative estimate of drug-likeness (QED) is 0.373. The van der Waals surface area contributed by atoms with E-state index in [-0.39, 0.29) is 55.0 Å². The second-order valence-corrected chi connectivity index (χ2v) is 10.8. The minimum Gasteiger partial charge on any atom is -0.484 e. The van der Waals surface area contributed by atoms with Gasteiger partial charge in [-0.1, -0.05) is 16.7 Å². The number of nitrogens with one attached hydrogen (secondary N) is 2. The summed E-state index contributed by atoms with van der Waals surface area (Å²) in [4.78, 5) is 15.1. The smallest absolute Gasteiger partial charge is 0.414 e. The molecule has 4 rings (SSSR count). The maximum Gasteiger partial charge on any atom is 0.414 e. The number of amides is 1. The van der Waals surface area contributed by atoms with E-state index in [1.54, 1.807) is 0 Å². The lowest BCUT2D eigenvalue weighted by molar-refractivity contribution is -0.121. The van der Waals surface area contributed by atoms with E-state index >= 15 is 0 Å².